The Balaban J connectivity index is 1.38. The standard InChI is InChI=1S/C30H34N6O/c1-22-27-28(34-17-10-18-35(20-19-34)30(37)24-13-8-9-14-24)31-26(21-23-11-4-2-5-12-23)32-29(27)36(33-22)25-15-6-3-7-16-25/h2-7,11-12,15-16,24H,8-10,13-14,17-21H2,1H3. The number of rotatable bonds is 5. The van der Waals surface area contributed by atoms with Crippen molar-refractivity contribution in [2.24, 2.45) is 5.92 Å². The first-order chi connectivity index (χ1) is 18.2. The first-order valence-electron chi connectivity index (χ1n) is 13.6. The minimum Gasteiger partial charge on any atom is -0.354 e. The van der Waals surface area contributed by atoms with Gasteiger partial charge in [0.25, 0.3) is 0 Å². The van der Waals surface area contributed by atoms with Crippen LogP contribution in [0.4, 0.5) is 5.82 Å². The van der Waals surface area contributed by atoms with Crippen LogP contribution < -0.4 is 4.90 Å². The molecule has 0 N–H and O–H groups in total. The Bertz CT molecular complexity index is 1380. The van der Waals surface area contributed by atoms with Crippen LogP contribution in [0, 0.1) is 12.8 Å². The van der Waals surface area contributed by atoms with Gasteiger partial charge in [-0.25, -0.2) is 14.6 Å². The molecule has 0 radical (unpaired) electrons. The third-order valence-electron chi connectivity index (χ3n) is 7.75. The van der Waals surface area contributed by atoms with Gasteiger partial charge in [-0.05, 0) is 43.9 Å². The third-order valence-corrected chi connectivity index (χ3v) is 7.75. The minimum atomic E-state index is 0.223. The molecule has 1 saturated carbocycles. The van der Waals surface area contributed by atoms with E-state index in [1.165, 1.54) is 18.4 Å². The molecule has 4 aromatic rings. The second-order valence-corrected chi connectivity index (χ2v) is 10.3. The zero-order valence-corrected chi connectivity index (χ0v) is 21.5. The molecule has 0 atom stereocenters. The molecule has 1 aliphatic heterocycles. The SMILES string of the molecule is Cc1nn(-c2ccccc2)c2nc(Cc3ccccc3)nc(N3CCCN(C(=O)C4CCCC4)CC3)c12. The highest BCUT2D eigenvalue weighted by Gasteiger charge is 2.30. The summed E-state index contributed by atoms with van der Waals surface area (Å²) in [5.41, 5.74) is 3.92. The molecule has 37 heavy (non-hydrogen) atoms. The maximum atomic E-state index is 13.1. The number of carbonyl (C=O) groups excluding carboxylic acids is 1. The molecule has 2 aromatic heterocycles. The molecule has 6 rings (SSSR count). The van der Waals surface area contributed by atoms with E-state index in [2.05, 4.69) is 46.2 Å². The number of amides is 1. The van der Waals surface area contributed by atoms with Crippen molar-refractivity contribution >= 4 is 22.8 Å². The lowest BCUT2D eigenvalue weighted by Crippen LogP contribution is -2.38. The lowest BCUT2D eigenvalue weighted by Gasteiger charge is -2.25. The Hall–Kier alpha value is -3.74. The van der Waals surface area contributed by atoms with Crippen molar-refractivity contribution in [3.8, 4) is 5.69 Å². The Labute approximate surface area is 218 Å². The van der Waals surface area contributed by atoms with Crippen molar-refractivity contribution < 1.29 is 4.79 Å². The van der Waals surface area contributed by atoms with E-state index in [0.717, 1.165) is 79.5 Å². The highest BCUT2D eigenvalue weighted by Crippen LogP contribution is 2.31. The molecular formula is C30H34N6O. The van der Waals surface area contributed by atoms with Crippen molar-refractivity contribution in [3.63, 3.8) is 0 Å². The van der Waals surface area contributed by atoms with E-state index in [4.69, 9.17) is 15.1 Å². The molecule has 7 nitrogen and oxygen atoms in total. The van der Waals surface area contributed by atoms with Gasteiger partial charge >= 0.3 is 0 Å². The minimum absolute atomic E-state index is 0.223. The number of hydrogen-bond acceptors (Lipinski definition) is 5. The van der Waals surface area contributed by atoms with Gasteiger partial charge in [0.1, 0.15) is 11.6 Å². The zero-order chi connectivity index (χ0) is 25.2. The molecule has 0 bridgehead atoms. The lowest BCUT2D eigenvalue weighted by molar-refractivity contribution is -0.135. The van der Waals surface area contributed by atoms with E-state index >= 15 is 0 Å². The number of aromatic nitrogens is 4. The maximum Gasteiger partial charge on any atom is 0.225 e. The number of carbonyl (C=O) groups is 1. The van der Waals surface area contributed by atoms with Gasteiger partial charge in [0, 0.05) is 38.5 Å². The second-order valence-electron chi connectivity index (χ2n) is 10.3. The van der Waals surface area contributed by atoms with Crippen LogP contribution in [0.1, 0.15) is 49.2 Å². The van der Waals surface area contributed by atoms with Crippen molar-refractivity contribution in [1.82, 2.24) is 24.6 Å². The molecule has 2 fully saturated rings. The predicted octanol–water partition coefficient (Wildman–Crippen LogP) is 4.94. The highest BCUT2D eigenvalue weighted by molar-refractivity contribution is 5.91. The number of hydrogen-bond donors (Lipinski definition) is 0. The topological polar surface area (TPSA) is 67.2 Å². The Morgan fingerprint density at radius 3 is 2.35 bits per heavy atom. The first kappa shape index (κ1) is 23.6. The zero-order valence-electron chi connectivity index (χ0n) is 21.5. The van der Waals surface area contributed by atoms with Gasteiger partial charge in [-0.3, -0.25) is 4.79 Å². The van der Waals surface area contributed by atoms with Gasteiger partial charge in [0.2, 0.25) is 5.91 Å². The smallest absolute Gasteiger partial charge is 0.225 e. The maximum absolute atomic E-state index is 13.1. The average molecular weight is 495 g/mol. The number of para-hydroxylation sites is 1. The molecule has 190 valence electrons. The summed E-state index contributed by atoms with van der Waals surface area (Å²) in [4.78, 5) is 27.8. The summed E-state index contributed by atoms with van der Waals surface area (Å²) in [6, 6.07) is 20.5. The van der Waals surface area contributed by atoms with Crippen LogP contribution in [0.25, 0.3) is 16.7 Å². The normalized spacial score (nSPS) is 16.9. The van der Waals surface area contributed by atoms with Gasteiger partial charge in [-0.15, -0.1) is 0 Å². The van der Waals surface area contributed by atoms with Gasteiger partial charge in [-0.2, -0.15) is 5.10 Å². The Kier molecular flexibility index (Phi) is 6.60. The summed E-state index contributed by atoms with van der Waals surface area (Å²) >= 11 is 0. The number of benzene rings is 2. The van der Waals surface area contributed by atoms with E-state index in [1.54, 1.807) is 0 Å². The van der Waals surface area contributed by atoms with Crippen LogP contribution in [0.15, 0.2) is 60.7 Å². The van der Waals surface area contributed by atoms with Gasteiger partial charge < -0.3 is 9.80 Å². The number of anilines is 1. The van der Waals surface area contributed by atoms with Crippen LogP contribution in [-0.4, -0.2) is 56.7 Å². The number of fused-ring (bicyclic) bond motifs is 1. The summed E-state index contributed by atoms with van der Waals surface area (Å²) < 4.78 is 1.94. The summed E-state index contributed by atoms with van der Waals surface area (Å²) in [5.74, 6) is 2.30. The first-order valence-corrected chi connectivity index (χ1v) is 13.6. The molecule has 7 heteroatoms. The van der Waals surface area contributed by atoms with Crippen molar-refractivity contribution in [2.75, 3.05) is 31.1 Å². The van der Waals surface area contributed by atoms with Crippen molar-refractivity contribution in [1.29, 1.82) is 0 Å². The van der Waals surface area contributed by atoms with Crippen molar-refractivity contribution in [2.45, 2.75) is 45.4 Å². The molecule has 1 amide bonds. The molecule has 3 heterocycles. The fourth-order valence-electron chi connectivity index (χ4n) is 5.82. The summed E-state index contributed by atoms with van der Waals surface area (Å²) in [6.45, 7) is 5.23. The van der Waals surface area contributed by atoms with Gasteiger partial charge in [0.15, 0.2) is 5.65 Å². The van der Waals surface area contributed by atoms with Gasteiger partial charge in [0.05, 0.1) is 16.8 Å². The van der Waals surface area contributed by atoms with Crippen LogP contribution >= 0.6 is 0 Å². The van der Waals surface area contributed by atoms with Crippen LogP contribution in [0.2, 0.25) is 0 Å². The number of nitrogens with zero attached hydrogens (tertiary/aromatic N) is 6. The Morgan fingerprint density at radius 2 is 1.59 bits per heavy atom. The largest absolute Gasteiger partial charge is 0.354 e. The molecule has 2 aliphatic rings. The van der Waals surface area contributed by atoms with E-state index in [0.29, 0.717) is 12.3 Å². The van der Waals surface area contributed by atoms with Crippen LogP contribution in [0.3, 0.4) is 0 Å². The van der Waals surface area contributed by atoms with E-state index in [9.17, 15) is 4.79 Å². The Morgan fingerprint density at radius 1 is 0.865 bits per heavy atom. The third kappa shape index (κ3) is 4.82. The summed E-state index contributed by atoms with van der Waals surface area (Å²) in [6.07, 6.45) is 6.06. The molecule has 2 aromatic carbocycles. The predicted molar refractivity (Wildman–Crippen MR) is 146 cm³/mol. The molecule has 1 aliphatic carbocycles. The van der Waals surface area contributed by atoms with E-state index < -0.39 is 0 Å². The van der Waals surface area contributed by atoms with E-state index in [-0.39, 0.29) is 5.92 Å². The quantitative estimate of drug-likeness (QED) is 0.393. The second kappa shape index (κ2) is 10.3. The fourth-order valence-corrected chi connectivity index (χ4v) is 5.82. The summed E-state index contributed by atoms with van der Waals surface area (Å²) in [7, 11) is 0. The molecule has 0 spiro atoms. The fraction of sp³-hybridized carbons (Fsp3) is 0.400. The van der Waals surface area contributed by atoms with E-state index in [1.807, 2.05) is 35.9 Å². The molecule has 0 unspecified atom stereocenters. The number of aryl methyl sites for hydroxylation is 1. The van der Waals surface area contributed by atoms with Crippen LogP contribution in [-0.2, 0) is 11.2 Å². The van der Waals surface area contributed by atoms with Gasteiger partial charge in [-0.1, -0.05) is 61.4 Å². The summed E-state index contributed by atoms with van der Waals surface area (Å²) in [5, 5.41) is 5.90. The lowest BCUT2D eigenvalue weighted by atomic mass is 10.1. The molecule has 1 saturated heterocycles. The monoisotopic (exact) mass is 494 g/mol. The van der Waals surface area contributed by atoms with Crippen LogP contribution in [0.5, 0.6) is 0 Å². The average Bonchev–Trinajstić information content (AvgIpc) is 3.51. The molecular weight excluding hydrogens is 460 g/mol. The van der Waals surface area contributed by atoms with Crippen molar-refractivity contribution in [3.05, 3.63) is 77.7 Å². The highest BCUT2D eigenvalue weighted by atomic mass is 16.2.